The maximum atomic E-state index is 12.0. The molecule has 6 nitrogen and oxygen atoms in total. The van der Waals surface area contributed by atoms with Crippen LogP contribution in [0.3, 0.4) is 0 Å². The maximum absolute atomic E-state index is 12.0. The molecule has 1 aromatic carbocycles. The second-order valence-electron chi connectivity index (χ2n) is 4.91. The van der Waals surface area contributed by atoms with Gasteiger partial charge in [0.15, 0.2) is 0 Å². The van der Waals surface area contributed by atoms with Gasteiger partial charge in [-0.15, -0.1) is 0 Å². The summed E-state index contributed by atoms with van der Waals surface area (Å²) in [5.41, 5.74) is 0.744. The monoisotopic (exact) mass is 293 g/mol. The van der Waals surface area contributed by atoms with E-state index in [4.69, 9.17) is 4.74 Å². The summed E-state index contributed by atoms with van der Waals surface area (Å²) in [6.45, 7) is 1.34. The maximum Gasteiger partial charge on any atom is 0.238 e. The number of hydrogen-bond acceptors (Lipinski definition) is 4. The van der Waals surface area contributed by atoms with Gasteiger partial charge in [-0.1, -0.05) is 18.2 Å². The zero-order chi connectivity index (χ0) is 15.7. The molecule has 6 heteroatoms. The molecule has 0 fully saturated rings. The van der Waals surface area contributed by atoms with Crippen molar-refractivity contribution in [1.29, 1.82) is 0 Å². The summed E-state index contributed by atoms with van der Waals surface area (Å²) in [5.74, 6) is -0.192. The fraction of sp³-hybridized carbons (Fsp3) is 0.467. The van der Waals surface area contributed by atoms with Crippen molar-refractivity contribution >= 4 is 17.5 Å². The highest BCUT2D eigenvalue weighted by atomic mass is 16.5. The van der Waals surface area contributed by atoms with E-state index in [1.165, 1.54) is 4.90 Å². The minimum absolute atomic E-state index is 0.0429. The fourth-order valence-corrected chi connectivity index (χ4v) is 1.69. The third kappa shape index (κ3) is 6.87. The highest BCUT2D eigenvalue weighted by molar-refractivity contribution is 5.92. The number of carbonyl (C=O) groups excluding carboxylic acids is 2. The number of rotatable bonds is 8. The van der Waals surface area contributed by atoms with Crippen molar-refractivity contribution in [3.63, 3.8) is 0 Å². The molecule has 21 heavy (non-hydrogen) atoms. The van der Waals surface area contributed by atoms with Gasteiger partial charge in [-0.2, -0.15) is 0 Å². The fourth-order valence-electron chi connectivity index (χ4n) is 1.69. The highest BCUT2D eigenvalue weighted by Crippen LogP contribution is 2.05. The number of amides is 2. The van der Waals surface area contributed by atoms with E-state index in [0.717, 1.165) is 5.69 Å². The number of nitrogens with zero attached hydrogens (tertiary/aromatic N) is 2. The highest BCUT2D eigenvalue weighted by Gasteiger charge is 2.15. The van der Waals surface area contributed by atoms with E-state index in [0.29, 0.717) is 13.2 Å². The van der Waals surface area contributed by atoms with Gasteiger partial charge in [0, 0.05) is 33.4 Å². The number of hydrogen-bond donors (Lipinski definition) is 1. The van der Waals surface area contributed by atoms with Crippen LogP contribution < -0.4 is 5.32 Å². The molecule has 0 spiro atoms. The molecule has 0 atom stereocenters. The summed E-state index contributed by atoms with van der Waals surface area (Å²) in [5, 5.41) is 2.80. The molecule has 0 aliphatic heterocycles. The molecule has 0 saturated heterocycles. The molecule has 0 radical (unpaired) electrons. The van der Waals surface area contributed by atoms with Crippen molar-refractivity contribution in [2.75, 3.05) is 52.8 Å². The topological polar surface area (TPSA) is 61.9 Å². The Balaban J connectivity index is 2.54. The molecule has 0 aromatic heterocycles. The molecular formula is C15H23N3O3. The predicted octanol–water partition coefficient (Wildman–Crippen LogP) is 0.662. The average molecular weight is 293 g/mol. The van der Waals surface area contributed by atoms with Crippen LogP contribution in [0.4, 0.5) is 5.69 Å². The number of carbonyl (C=O) groups is 2. The molecule has 1 N–H and O–H groups in total. The third-order valence-electron chi connectivity index (χ3n) is 2.89. The molecule has 0 bridgehead atoms. The Morgan fingerprint density at radius 2 is 1.81 bits per heavy atom. The van der Waals surface area contributed by atoms with Gasteiger partial charge in [0.25, 0.3) is 0 Å². The first-order valence-electron chi connectivity index (χ1n) is 6.79. The lowest BCUT2D eigenvalue weighted by atomic mass is 10.3. The standard InChI is InChI=1S/C15H23N3O3/c1-17(2)15(20)12-18(9-10-21-3)11-14(19)16-13-7-5-4-6-8-13/h4-8H,9-12H2,1-3H3,(H,16,19). The normalized spacial score (nSPS) is 10.5. The zero-order valence-electron chi connectivity index (χ0n) is 12.8. The molecule has 2 amide bonds. The summed E-state index contributed by atoms with van der Waals surface area (Å²) < 4.78 is 5.02. The SMILES string of the molecule is COCCN(CC(=O)Nc1ccccc1)CC(=O)N(C)C. The summed E-state index contributed by atoms with van der Waals surface area (Å²) in [7, 11) is 4.98. The van der Waals surface area contributed by atoms with Gasteiger partial charge in [-0.25, -0.2) is 0 Å². The van der Waals surface area contributed by atoms with Crippen LogP contribution in [0.5, 0.6) is 0 Å². The number of para-hydroxylation sites is 1. The third-order valence-corrected chi connectivity index (χ3v) is 2.89. The van der Waals surface area contributed by atoms with Gasteiger partial charge < -0.3 is 15.0 Å². The van der Waals surface area contributed by atoms with Gasteiger partial charge in [0.05, 0.1) is 19.7 Å². The summed E-state index contributed by atoms with van der Waals surface area (Å²) in [6.07, 6.45) is 0. The molecule has 0 unspecified atom stereocenters. The van der Waals surface area contributed by atoms with Crippen LogP contribution in [-0.4, -0.2) is 69.1 Å². The van der Waals surface area contributed by atoms with Crippen molar-refractivity contribution in [2.24, 2.45) is 0 Å². The molecule has 0 heterocycles. The quantitative estimate of drug-likeness (QED) is 0.765. The first-order valence-corrected chi connectivity index (χ1v) is 6.79. The van der Waals surface area contributed by atoms with Gasteiger partial charge >= 0.3 is 0 Å². The van der Waals surface area contributed by atoms with E-state index in [1.807, 2.05) is 30.3 Å². The average Bonchev–Trinajstić information content (AvgIpc) is 2.45. The Morgan fingerprint density at radius 3 is 2.38 bits per heavy atom. The molecule has 1 aromatic rings. The molecule has 0 saturated carbocycles. The summed E-state index contributed by atoms with van der Waals surface area (Å²) in [4.78, 5) is 27.1. The second-order valence-corrected chi connectivity index (χ2v) is 4.91. The van der Waals surface area contributed by atoms with Gasteiger partial charge in [-0.3, -0.25) is 14.5 Å². The van der Waals surface area contributed by atoms with E-state index in [1.54, 1.807) is 26.1 Å². The first kappa shape index (κ1) is 17.1. The minimum Gasteiger partial charge on any atom is -0.383 e. The van der Waals surface area contributed by atoms with Gasteiger partial charge in [-0.05, 0) is 12.1 Å². The van der Waals surface area contributed by atoms with Crippen LogP contribution >= 0.6 is 0 Å². The van der Waals surface area contributed by atoms with Crippen LogP contribution in [0.15, 0.2) is 30.3 Å². The van der Waals surface area contributed by atoms with Gasteiger partial charge in [0.1, 0.15) is 0 Å². The lowest BCUT2D eigenvalue weighted by Crippen LogP contribution is -2.42. The molecule has 0 aliphatic rings. The summed E-state index contributed by atoms with van der Waals surface area (Å²) >= 11 is 0. The second kappa shape index (κ2) is 9.10. The molecule has 116 valence electrons. The van der Waals surface area contributed by atoms with E-state index in [2.05, 4.69) is 5.32 Å². The number of methoxy groups -OCH3 is 1. The van der Waals surface area contributed by atoms with Gasteiger partial charge in [0.2, 0.25) is 11.8 Å². The van der Waals surface area contributed by atoms with Crippen LogP contribution in [-0.2, 0) is 14.3 Å². The van der Waals surface area contributed by atoms with Crippen molar-refractivity contribution in [3.05, 3.63) is 30.3 Å². The van der Waals surface area contributed by atoms with Crippen molar-refractivity contribution < 1.29 is 14.3 Å². The first-order chi connectivity index (χ1) is 10.0. The number of likely N-dealkylation sites (N-methyl/N-ethyl adjacent to an activating group) is 1. The number of benzene rings is 1. The van der Waals surface area contributed by atoms with Crippen LogP contribution in [0.25, 0.3) is 0 Å². The largest absolute Gasteiger partial charge is 0.383 e. The Hall–Kier alpha value is -1.92. The Labute approximate surface area is 125 Å². The van der Waals surface area contributed by atoms with E-state index in [9.17, 15) is 9.59 Å². The Bertz CT molecular complexity index is 449. The lowest BCUT2D eigenvalue weighted by molar-refractivity contribution is -0.130. The van der Waals surface area contributed by atoms with Crippen LogP contribution in [0, 0.1) is 0 Å². The number of nitrogens with one attached hydrogen (secondary N) is 1. The Morgan fingerprint density at radius 1 is 1.14 bits per heavy atom. The van der Waals surface area contributed by atoms with Crippen molar-refractivity contribution in [1.82, 2.24) is 9.80 Å². The lowest BCUT2D eigenvalue weighted by Gasteiger charge is -2.22. The smallest absolute Gasteiger partial charge is 0.238 e. The van der Waals surface area contributed by atoms with E-state index in [-0.39, 0.29) is 24.9 Å². The van der Waals surface area contributed by atoms with E-state index >= 15 is 0 Å². The molecule has 1 rings (SSSR count). The van der Waals surface area contributed by atoms with E-state index < -0.39 is 0 Å². The van der Waals surface area contributed by atoms with Crippen molar-refractivity contribution in [3.8, 4) is 0 Å². The number of anilines is 1. The predicted molar refractivity (Wildman–Crippen MR) is 82.1 cm³/mol. The molecular weight excluding hydrogens is 270 g/mol. The van der Waals surface area contributed by atoms with Crippen LogP contribution in [0.2, 0.25) is 0 Å². The number of ether oxygens (including phenoxy) is 1. The zero-order valence-corrected chi connectivity index (χ0v) is 12.8. The summed E-state index contributed by atoms with van der Waals surface area (Å²) in [6, 6.07) is 9.24. The Kier molecular flexibility index (Phi) is 7.42. The molecule has 0 aliphatic carbocycles. The minimum atomic E-state index is -0.149. The van der Waals surface area contributed by atoms with Crippen molar-refractivity contribution in [2.45, 2.75) is 0 Å². The van der Waals surface area contributed by atoms with Crippen LogP contribution in [0.1, 0.15) is 0 Å².